The minimum absolute atomic E-state index is 0.0454. The average Bonchev–Trinajstić information content (AvgIpc) is 2.87. The predicted molar refractivity (Wildman–Crippen MR) is 66.3 cm³/mol. The van der Waals surface area contributed by atoms with Crippen LogP contribution in [-0.2, 0) is 4.79 Å². The van der Waals surface area contributed by atoms with Gasteiger partial charge in [0.05, 0.1) is 5.92 Å². The molecule has 17 heavy (non-hydrogen) atoms. The van der Waals surface area contributed by atoms with E-state index in [2.05, 4.69) is 14.7 Å². The van der Waals surface area contributed by atoms with E-state index in [9.17, 15) is 4.79 Å². The van der Waals surface area contributed by atoms with Gasteiger partial charge in [0, 0.05) is 23.5 Å². The molecule has 92 valence electrons. The quantitative estimate of drug-likeness (QED) is 0.804. The molecule has 1 heterocycles. The van der Waals surface area contributed by atoms with Crippen LogP contribution in [0.4, 0.5) is 5.13 Å². The highest BCUT2D eigenvalue weighted by atomic mass is 32.1. The van der Waals surface area contributed by atoms with Crippen molar-refractivity contribution in [2.24, 2.45) is 5.92 Å². The third-order valence-corrected chi connectivity index (χ3v) is 3.33. The number of hydrogen-bond acceptors (Lipinski definition) is 5. The van der Waals surface area contributed by atoms with Crippen molar-refractivity contribution in [3.05, 3.63) is 18.0 Å². The molecule has 1 aromatic heterocycles. The van der Waals surface area contributed by atoms with Gasteiger partial charge in [0.25, 0.3) is 0 Å². The summed E-state index contributed by atoms with van der Waals surface area (Å²) >= 11 is 1.32. The Labute approximate surface area is 104 Å². The molecule has 0 saturated heterocycles. The SMILES string of the molecule is CC(C)c1nsc(NC2C=CC(C(=O)O)C2)n1. The Morgan fingerprint density at radius 3 is 2.88 bits per heavy atom. The number of carbonyl (C=O) groups is 1. The normalized spacial score (nSPS) is 23.2. The number of carboxylic acids is 1. The maximum Gasteiger partial charge on any atom is 0.310 e. The molecule has 2 N–H and O–H groups in total. The number of anilines is 1. The fraction of sp³-hybridized carbons (Fsp3) is 0.545. The molecule has 0 fully saturated rings. The number of hydrogen-bond donors (Lipinski definition) is 2. The molecule has 2 rings (SSSR count). The van der Waals surface area contributed by atoms with Gasteiger partial charge in [0.1, 0.15) is 5.82 Å². The number of nitrogens with one attached hydrogen (secondary N) is 1. The lowest BCUT2D eigenvalue weighted by atomic mass is 10.1. The number of carboxylic acid groups (broad SMARTS) is 1. The first-order valence-corrected chi connectivity index (χ1v) is 6.35. The smallest absolute Gasteiger partial charge is 0.310 e. The van der Waals surface area contributed by atoms with E-state index in [1.54, 1.807) is 6.08 Å². The van der Waals surface area contributed by atoms with Crippen molar-refractivity contribution in [3.63, 3.8) is 0 Å². The molecule has 1 aliphatic carbocycles. The first-order valence-electron chi connectivity index (χ1n) is 5.57. The molecule has 0 saturated carbocycles. The van der Waals surface area contributed by atoms with Gasteiger partial charge < -0.3 is 10.4 Å². The first-order chi connectivity index (χ1) is 8.06. The monoisotopic (exact) mass is 253 g/mol. The maximum atomic E-state index is 10.8. The molecule has 1 aliphatic rings. The highest BCUT2D eigenvalue weighted by molar-refractivity contribution is 7.09. The van der Waals surface area contributed by atoms with Crippen molar-refractivity contribution in [2.75, 3.05) is 5.32 Å². The first kappa shape index (κ1) is 12.0. The Balaban J connectivity index is 1.94. The molecule has 1 aromatic rings. The molecular formula is C11H15N3O2S. The number of nitrogens with zero attached hydrogens (tertiary/aromatic N) is 2. The zero-order valence-electron chi connectivity index (χ0n) is 9.75. The molecule has 2 unspecified atom stereocenters. The highest BCUT2D eigenvalue weighted by Gasteiger charge is 2.24. The van der Waals surface area contributed by atoms with Crippen LogP contribution < -0.4 is 5.32 Å². The molecule has 0 aromatic carbocycles. The minimum Gasteiger partial charge on any atom is -0.481 e. The summed E-state index contributed by atoms with van der Waals surface area (Å²) in [5.74, 6) is -0.0161. The lowest BCUT2D eigenvalue weighted by Gasteiger charge is -2.09. The van der Waals surface area contributed by atoms with Crippen LogP contribution in [0.3, 0.4) is 0 Å². The highest BCUT2D eigenvalue weighted by Crippen LogP contribution is 2.24. The van der Waals surface area contributed by atoms with Crippen LogP contribution in [0.1, 0.15) is 32.0 Å². The summed E-state index contributed by atoms with van der Waals surface area (Å²) in [4.78, 5) is 15.1. The van der Waals surface area contributed by atoms with E-state index in [-0.39, 0.29) is 12.0 Å². The van der Waals surface area contributed by atoms with Crippen molar-refractivity contribution in [1.82, 2.24) is 9.36 Å². The number of aromatic nitrogens is 2. The molecule has 0 radical (unpaired) electrons. The van der Waals surface area contributed by atoms with Crippen molar-refractivity contribution in [2.45, 2.75) is 32.2 Å². The lowest BCUT2D eigenvalue weighted by molar-refractivity contribution is -0.140. The third-order valence-electron chi connectivity index (χ3n) is 2.67. The largest absolute Gasteiger partial charge is 0.481 e. The Morgan fingerprint density at radius 1 is 1.59 bits per heavy atom. The molecule has 0 amide bonds. The summed E-state index contributed by atoms with van der Waals surface area (Å²) < 4.78 is 4.24. The second kappa shape index (κ2) is 4.83. The maximum absolute atomic E-state index is 10.8. The number of rotatable bonds is 4. The fourth-order valence-electron chi connectivity index (χ4n) is 1.68. The van der Waals surface area contributed by atoms with E-state index in [0.29, 0.717) is 12.3 Å². The van der Waals surface area contributed by atoms with Crippen LogP contribution in [0, 0.1) is 5.92 Å². The number of aliphatic carboxylic acids is 1. The third kappa shape index (κ3) is 2.82. The fourth-order valence-corrected chi connectivity index (χ4v) is 2.45. The molecule has 2 atom stereocenters. The van der Waals surface area contributed by atoms with E-state index in [0.717, 1.165) is 11.0 Å². The summed E-state index contributed by atoms with van der Waals surface area (Å²) in [5, 5.41) is 12.8. The molecule has 0 spiro atoms. The van der Waals surface area contributed by atoms with Crippen LogP contribution in [0.25, 0.3) is 0 Å². The molecule has 0 bridgehead atoms. The van der Waals surface area contributed by atoms with Crippen LogP contribution in [0.2, 0.25) is 0 Å². The van der Waals surface area contributed by atoms with E-state index in [1.807, 2.05) is 19.9 Å². The van der Waals surface area contributed by atoms with Crippen LogP contribution in [0.15, 0.2) is 12.2 Å². The lowest BCUT2D eigenvalue weighted by Crippen LogP contribution is -2.18. The zero-order valence-corrected chi connectivity index (χ0v) is 10.6. The summed E-state index contributed by atoms with van der Waals surface area (Å²) in [7, 11) is 0. The van der Waals surface area contributed by atoms with Gasteiger partial charge in [-0.2, -0.15) is 4.37 Å². The van der Waals surface area contributed by atoms with Crippen molar-refractivity contribution in [3.8, 4) is 0 Å². The zero-order chi connectivity index (χ0) is 12.4. The second-order valence-electron chi connectivity index (χ2n) is 4.43. The van der Waals surface area contributed by atoms with Gasteiger partial charge in [-0.25, -0.2) is 4.98 Å². The van der Waals surface area contributed by atoms with Gasteiger partial charge in [-0.05, 0) is 6.42 Å². The minimum atomic E-state index is -0.773. The topological polar surface area (TPSA) is 75.1 Å². The van der Waals surface area contributed by atoms with E-state index < -0.39 is 5.97 Å². The summed E-state index contributed by atoms with van der Waals surface area (Å²) in [6.07, 6.45) is 4.19. The van der Waals surface area contributed by atoms with Gasteiger partial charge in [0.2, 0.25) is 5.13 Å². The summed E-state index contributed by atoms with van der Waals surface area (Å²) in [6.45, 7) is 4.09. The van der Waals surface area contributed by atoms with Gasteiger partial charge in [-0.15, -0.1) is 0 Å². The molecule has 5 nitrogen and oxygen atoms in total. The molecular weight excluding hydrogens is 238 g/mol. The van der Waals surface area contributed by atoms with Gasteiger partial charge in [0.15, 0.2) is 0 Å². The van der Waals surface area contributed by atoms with Gasteiger partial charge >= 0.3 is 5.97 Å². The van der Waals surface area contributed by atoms with Crippen molar-refractivity contribution < 1.29 is 9.90 Å². The van der Waals surface area contributed by atoms with Crippen LogP contribution >= 0.6 is 11.5 Å². The van der Waals surface area contributed by atoms with E-state index >= 15 is 0 Å². The van der Waals surface area contributed by atoms with Gasteiger partial charge in [-0.1, -0.05) is 26.0 Å². The second-order valence-corrected chi connectivity index (χ2v) is 5.18. The Kier molecular flexibility index (Phi) is 3.42. The van der Waals surface area contributed by atoms with Crippen molar-refractivity contribution in [1.29, 1.82) is 0 Å². The Bertz CT molecular complexity index is 442. The van der Waals surface area contributed by atoms with Crippen LogP contribution in [-0.4, -0.2) is 26.5 Å². The predicted octanol–water partition coefficient (Wildman–Crippen LogP) is 2.10. The molecule has 0 aliphatic heterocycles. The molecule has 6 heteroatoms. The average molecular weight is 253 g/mol. The standard InChI is InChI=1S/C11H15N3O2S/c1-6(2)9-13-11(17-14-9)12-8-4-3-7(5-8)10(15)16/h3-4,6-8H,5H2,1-2H3,(H,15,16)(H,12,13,14). The summed E-state index contributed by atoms with van der Waals surface area (Å²) in [6, 6.07) is 0.0454. The Hall–Kier alpha value is -1.43. The Morgan fingerprint density at radius 2 is 2.35 bits per heavy atom. The van der Waals surface area contributed by atoms with Crippen LogP contribution in [0.5, 0.6) is 0 Å². The van der Waals surface area contributed by atoms with Crippen molar-refractivity contribution >= 4 is 22.6 Å². The van der Waals surface area contributed by atoms with Gasteiger partial charge in [-0.3, -0.25) is 4.79 Å². The summed E-state index contributed by atoms with van der Waals surface area (Å²) in [5.41, 5.74) is 0. The van der Waals surface area contributed by atoms with E-state index in [1.165, 1.54) is 11.5 Å². The van der Waals surface area contributed by atoms with E-state index in [4.69, 9.17) is 5.11 Å².